The largest absolute Gasteiger partial charge is 0.469 e. The fraction of sp³-hybridized carbons (Fsp3) is 0.850. The van der Waals surface area contributed by atoms with Gasteiger partial charge in [0.1, 0.15) is 0 Å². The summed E-state index contributed by atoms with van der Waals surface area (Å²) in [6, 6.07) is 0. The molecule has 0 rings (SSSR count). The maximum atomic E-state index is 10.9. The normalized spacial score (nSPS) is 11.2. The van der Waals surface area contributed by atoms with Gasteiger partial charge in [-0.05, 0) is 38.5 Å². The number of esters is 1. The van der Waals surface area contributed by atoms with E-state index in [-0.39, 0.29) is 5.97 Å². The molecule has 0 unspecified atom stereocenters. The van der Waals surface area contributed by atoms with E-state index in [0.717, 1.165) is 19.3 Å². The van der Waals surface area contributed by atoms with Gasteiger partial charge in [0.05, 0.1) is 7.11 Å². The number of ether oxygens (including phenoxy) is 1. The van der Waals surface area contributed by atoms with Crippen molar-refractivity contribution in [2.45, 2.75) is 96.3 Å². The van der Waals surface area contributed by atoms with Gasteiger partial charge in [-0.2, -0.15) is 0 Å². The molecular formula is C20H38O3. The molecule has 0 aromatic heterocycles. The molecule has 0 aliphatic carbocycles. The summed E-state index contributed by atoms with van der Waals surface area (Å²) in [4.78, 5) is 10.9. The summed E-state index contributed by atoms with van der Waals surface area (Å²) in [5, 5.41) is 8.68. The lowest BCUT2D eigenvalue weighted by atomic mass is 10.1. The number of rotatable bonds is 17. The average molecular weight is 327 g/mol. The van der Waals surface area contributed by atoms with Gasteiger partial charge in [-0.3, -0.25) is 4.79 Å². The number of methoxy groups -OCH3 is 1. The van der Waals surface area contributed by atoms with Crippen molar-refractivity contribution >= 4 is 5.97 Å². The van der Waals surface area contributed by atoms with Gasteiger partial charge in [0.15, 0.2) is 0 Å². The van der Waals surface area contributed by atoms with Gasteiger partial charge in [0.25, 0.3) is 0 Å². The lowest BCUT2D eigenvalue weighted by Crippen LogP contribution is -1.99. The van der Waals surface area contributed by atoms with Crippen molar-refractivity contribution in [2.24, 2.45) is 0 Å². The van der Waals surface area contributed by atoms with Crippen molar-refractivity contribution in [3.63, 3.8) is 0 Å². The summed E-state index contributed by atoms with van der Waals surface area (Å²) in [6.07, 6.45) is 22.2. The summed E-state index contributed by atoms with van der Waals surface area (Å²) in [5.74, 6) is -0.0815. The van der Waals surface area contributed by atoms with Crippen LogP contribution in [0.5, 0.6) is 0 Å². The van der Waals surface area contributed by atoms with E-state index in [1.165, 1.54) is 77.7 Å². The standard InChI is InChI=1S/C20H38O3/c1-23-20(22)18-16-14-12-10-8-6-4-2-3-5-7-9-11-13-15-17-19-21/h3,5,21H,2,4,6-19H2,1H3/b5-3-. The molecule has 0 aromatic rings. The quantitative estimate of drug-likeness (QED) is 0.216. The van der Waals surface area contributed by atoms with Crippen LogP contribution >= 0.6 is 0 Å². The number of aliphatic hydroxyl groups excluding tert-OH is 1. The zero-order valence-corrected chi connectivity index (χ0v) is 15.2. The Bertz CT molecular complexity index is 274. The Kier molecular flexibility index (Phi) is 18.5. The molecule has 3 nitrogen and oxygen atoms in total. The molecule has 0 spiro atoms. The first kappa shape index (κ1) is 22.2. The maximum Gasteiger partial charge on any atom is 0.305 e. The molecule has 0 amide bonds. The van der Waals surface area contributed by atoms with Gasteiger partial charge in [0.2, 0.25) is 0 Å². The highest BCUT2D eigenvalue weighted by Gasteiger charge is 1.98. The average Bonchev–Trinajstić information content (AvgIpc) is 2.57. The van der Waals surface area contributed by atoms with Crippen molar-refractivity contribution < 1.29 is 14.6 Å². The zero-order valence-electron chi connectivity index (χ0n) is 15.2. The van der Waals surface area contributed by atoms with Crippen LogP contribution in [0, 0.1) is 0 Å². The van der Waals surface area contributed by atoms with Crippen LogP contribution in [-0.4, -0.2) is 24.8 Å². The number of hydrogen-bond acceptors (Lipinski definition) is 3. The summed E-state index contributed by atoms with van der Waals surface area (Å²) < 4.78 is 4.62. The van der Waals surface area contributed by atoms with Crippen LogP contribution in [0.1, 0.15) is 96.3 Å². The van der Waals surface area contributed by atoms with Crippen LogP contribution in [-0.2, 0) is 9.53 Å². The molecule has 0 fully saturated rings. The highest BCUT2D eigenvalue weighted by atomic mass is 16.5. The first-order valence-corrected chi connectivity index (χ1v) is 9.64. The number of carbonyl (C=O) groups is 1. The molecule has 0 heterocycles. The van der Waals surface area contributed by atoms with Gasteiger partial charge in [-0.15, -0.1) is 0 Å². The SMILES string of the molecule is COC(=O)CCCCCCCCC/C=C\CCCCCCCO. The third-order valence-corrected chi connectivity index (χ3v) is 4.17. The van der Waals surface area contributed by atoms with E-state index in [0.29, 0.717) is 13.0 Å². The molecule has 0 aromatic carbocycles. The topological polar surface area (TPSA) is 46.5 Å². The molecular weight excluding hydrogens is 288 g/mol. The minimum absolute atomic E-state index is 0.0815. The molecule has 23 heavy (non-hydrogen) atoms. The number of carbonyl (C=O) groups excluding carboxylic acids is 1. The fourth-order valence-corrected chi connectivity index (χ4v) is 2.66. The van der Waals surface area contributed by atoms with Gasteiger partial charge in [0, 0.05) is 13.0 Å². The van der Waals surface area contributed by atoms with Gasteiger partial charge in [-0.1, -0.05) is 63.5 Å². The lowest BCUT2D eigenvalue weighted by molar-refractivity contribution is -0.140. The van der Waals surface area contributed by atoms with Crippen LogP contribution in [0.4, 0.5) is 0 Å². The van der Waals surface area contributed by atoms with Gasteiger partial charge >= 0.3 is 5.97 Å². The summed E-state index contributed by atoms with van der Waals surface area (Å²) in [5.41, 5.74) is 0. The Balaban J connectivity index is 3.09. The van der Waals surface area contributed by atoms with E-state index < -0.39 is 0 Å². The van der Waals surface area contributed by atoms with E-state index in [4.69, 9.17) is 5.11 Å². The van der Waals surface area contributed by atoms with E-state index >= 15 is 0 Å². The predicted octanol–water partition coefficient (Wildman–Crippen LogP) is 5.56. The van der Waals surface area contributed by atoms with Crippen molar-refractivity contribution in [2.75, 3.05) is 13.7 Å². The second-order valence-corrected chi connectivity index (χ2v) is 6.34. The molecule has 0 saturated carbocycles. The summed E-state index contributed by atoms with van der Waals surface area (Å²) in [7, 11) is 1.45. The van der Waals surface area contributed by atoms with E-state index in [2.05, 4.69) is 16.9 Å². The predicted molar refractivity (Wildman–Crippen MR) is 97.5 cm³/mol. The minimum Gasteiger partial charge on any atom is -0.469 e. The van der Waals surface area contributed by atoms with Crippen molar-refractivity contribution in [3.05, 3.63) is 12.2 Å². The first-order valence-electron chi connectivity index (χ1n) is 9.64. The molecule has 136 valence electrons. The number of unbranched alkanes of at least 4 members (excludes halogenated alkanes) is 12. The molecule has 0 aliphatic heterocycles. The lowest BCUT2D eigenvalue weighted by Gasteiger charge is -2.01. The zero-order chi connectivity index (χ0) is 17.0. The monoisotopic (exact) mass is 326 g/mol. The number of hydrogen-bond donors (Lipinski definition) is 1. The molecule has 0 radical (unpaired) electrons. The van der Waals surface area contributed by atoms with Gasteiger partial charge < -0.3 is 9.84 Å². The van der Waals surface area contributed by atoms with Crippen LogP contribution in [0.2, 0.25) is 0 Å². The fourth-order valence-electron chi connectivity index (χ4n) is 2.66. The maximum absolute atomic E-state index is 10.9. The van der Waals surface area contributed by atoms with E-state index in [9.17, 15) is 4.79 Å². The van der Waals surface area contributed by atoms with E-state index in [1.54, 1.807) is 0 Å². The van der Waals surface area contributed by atoms with Crippen molar-refractivity contribution in [1.29, 1.82) is 0 Å². The van der Waals surface area contributed by atoms with Gasteiger partial charge in [-0.25, -0.2) is 0 Å². The Morgan fingerprint density at radius 3 is 1.65 bits per heavy atom. The Morgan fingerprint density at radius 1 is 0.739 bits per heavy atom. The summed E-state index contributed by atoms with van der Waals surface area (Å²) >= 11 is 0. The first-order chi connectivity index (χ1) is 11.3. The second kappa shape index (κ2) is 19.2. The minimum atomic E-state index is -0.0815. The number of allylic oxidation sites excluding steroid dienone is 2. The highest BCUT2D eigenvalue weighted by Crippen LogP contribution is 2.11. The smallest absolute Gasteiger partial charge is 0.305 e. The molecule has 1 N–H and O–H groups in total. The van der Waals surface area contributed by atoms with Crippen LogP contribution in [0.25, 0.3) is 0 Å². The third kappa shape index (κ3) is 19.1. The highest BCUT2D eigenvalue weighted by molar-refractivity contribution is 5.68. The van der Waals surface area contributed by atoms with Crippen LogP contribution in [0.3, 0.4) is 0 Å². The second-order valence-electron chi connectivity index (χ2n) is 6.34. The molecule has 0 aliphatic rings. The molecule has 0 atom stereocenters. The summed E-state index contributed by atoms with van der Waals surface area (Å²) in [6.45, 7) is 0.341. The van der Waals surface area contributed by atoms with E-state index in [1.807, 2.05) is 0 Å². The third-order valence-electron chi connectivity index (χ3n) is 4.17. The molecule has 0 bridgehead atoms. The molecule has 0 saturated heterocycles. The Morgan fingerprint density at radius 2 is 1.17 bits per heavy atom. The number of aliphatic hydroxyl groups is 1. The van der Waals surface area contributed by atoms with Crippen LogP contribution < -0.4 is 0 Å². The van der Waals surface area contributed by atoms with Crippen LogP contribution in [0.15, 0.2) is 12.2 Å². The Labute approximate surface area is 143 Å². The van der Waals surface area contributed by atoms with Crippen molar-refractivity contribution in [3.8, 4) is 0 Å². The van der Waals surface area contributed by atoms with Crippen molar-refractivity contribution in [1.82, 2.24) is 0 Å². The Hall–Kier alpha value is -0.830. The molecule has 3 heteroatoms.